The van der Waals surface area contributed by atoms with Crippen LogP contribution in [0.25, 0.3) is 27.6 Å². The smallest absolute Gasteiger partial charge is 0.0540 e. The Morgan fingerprint density at radius 1 is 0.552 bits per heavy atom. The molecule has 0 fully saturated rings. The van der Waals surface area contributed by atoms with Crippen LogP contribution in [-0.4, -0.2) is 0 Å². The van der Waals surface area contributed by atoms with Gasteiger partial charge in [0.15, 0.2) is 0 Å². The molecule has 0 aliphatic rings. The lowest BCUT2D eigenvalue weighted by Crippen LogP contribution is -2.10. The van der Waals surface area contributed by atoms with Crippen molar-refractivity contribution in [2.45, 2.75) is 0 Å². The van der Waals surface area contributed by atoms with Crippen LogP contribution in [0.1, 0.15) is 5.56 Å². The summed E-state index contributed by atoms with van der Waals surface area (Å²) >= 11 is 0. The molecule has 1 nitrogen and oxygen atoms in total. The number of benzene rings is 5. The van der Waals surface area contributed by atoms with Crippen LogP contribution >= 0.6 is 0 Å². The van der Waals surface area contributed by atoms with Crippen molar-refractivity contribution in [2.75, 3.05) is 4.90 Å². The maximum absolute atomic E-state index is 3.88. The van der Waals surface area contributed by atoms with Gasteiger partial charge in [-0.3, -0.25) is 0 Å². The normalized spacial score (nSPS) is 10.9. The molecule has 0 N–H and O–H groups in total. The van der Waals surface area contributed by atoms with Gasteiger partial charge in [-0.25, -0.2) is 0 Å². The highest BCUT2D eigenvalue weighted by Gasteiger charge is 2.15. The van der Waals surface area contributed by atoms with E-state index in [1.807, 2.05) is 6.08 Å². The molecule has 0 aliphatic carbocycles. The van der Waals surface area contributed by atoms with Crippen molar-refractivity contribution >= 4 is 44.7 Å². The Morgan fingerprint density at radius 2 is 1.21 bits per heavy atom. The Labute approximate surface area is 171 Å². The zero-order chi connectivity index (χ0) is 19.6. The predicted molar refractivity (Wildman–Crippen MR) is 126 cm³/mol. The van der Waals surface area contributed by atoms with Crippen molar-refractivity contribution in [1.82, 2.24) is 0 Å². The molecule has 0 amide bonds. The van der Waals surface area contributed by atoms with Gasteiger partial charge >= 0.3 is 0 Å². The standard InChI is InChI=1S/C28H21N/c1-2-21-14-17-25(18-15-21)29(26-19-16-22-8-3-4-10-24(22)20-26)28-13-7-11-23-9-5-6-12-27(23)28/h2-20H,1H2. The summed E-state index contributed by atoms with van der Waals surface area (Å²) in [5.74, 6) is 0. The van der Waals surface area contributed by atoms with Crippen molar-refractivity contribution in [2.24, 2.45) is 0 Å². The van der Waals surface area contributed by atoms with Crippen LogP contribution in [-0.2, 0) is 0 Å². The second-order valence-corrected chi connectivity index (χ2v) is 7.16. The number of nitrogens with zero attached hydrogens (tertiary/aromatic N) is 1. The molecule has 5 aromatic carbocycles. The third-order valence-corrected chi connectivity index (χ3v) is 5.39. The lowest BCUT2D eigenvalue weighted by molar-refractivity contribution is 1.30. The average Bonchev–Trinajstić information content (AvgIpc) is 2.80. The van der Waals surface area contributed by atoms with Crippen molar-refractivity contribution in [3.05, 3.63) is 121 Å². The van der Waals surface area contributed by atoms with Crippen LogP contribution in [0, 0.1) is 0 Å². The molecular formula is C28H21N. The molecule has 0 aliphatic heterocycles. The van der Waals surface area contributed by atoms with E-state index in [1.54, 1.807) is 0 Å². The fraction of sp³-hybridized carbons (Fsp3) is 0. The van der Waals surface area contributed by atoms with Gasteiger partial charge in [-0.1, -0.05) is 91.5 Å². The fourth-order valence-corrected chi connectivity index (χ4v) is 3.91. The number of hydrogen-bond acceptors (Lipinski definition) is 1. The summed E-state index contributed by atoms with van der Waals surface area (Å²) in [5.41, 5.74) is 4.56. The molecule has 5 aromatic rings. The summed E-state index contributed by atoms with van der Waals surface area (Å²) in [5, 5.41) is 4.95. The Morgan fingerprint density at radius 3 is 2.00 bits per heavy atom. The fourth-order valence-electron chi connectivity index (χ4n) is 3.91. The van der Waals surface area contributed by atoms with Gasteiger partial charge < -0.3 is 4.90 Å². The molecule has 0 spiro atoms. The molecule has 0 aromatic heterocycles. The Bertz CT molecular complexity index is 1310. The van der Waals surface area contributed by atoms with E-state index in [-0.39, 0.29) is 0 Å². The lowest BCUT2D eigenvalue weighted by atomic mass is 10.0. The van der Waals surface area contributed by atoms with Crippen molar-refractivity contribution in [3.8, 4) is 0 Å². The molecule has 0 radical (unpaired) electrons. The molecule has 0 heterocycles. The molecule has 0 saturated carbocycles. The highest BCUT2D eigenvalue weighted by Crippen LogP contribution is 2.39. The van der Waals surface area contributed by atoms with Crippen molar-refractivity contribution in [1.29, 1.82) is 0 Å². The van der Waals surface area contributed by atoms with Crippen LogP contribution in [0.3, 0.4) is 0 Å². The molecule has 138 valence electrons. The predicted octanol–water partition coefficient (Wildman–Crippen LogP) is 8.11. The summed E-state index contributed by atoms with van der Waals surface area (Å²) < 4.78 is 0. The monoisotopic (exact) mass is 371 g/mol. The van der Waals surface area contributed by atoms with Gasteiger partial charge in [-0.2, -0.15) is 0 Å². The molecule has 5 rings (SSSR count). The van der Waals surface area contributed by atoms with Crippen LogP contribution in [0.2, 0.25) is 0 Å². The summed E-state index contributed by atoms with van der Waals surface area (Å²) in [7, 11) is 0. The number of rotatable bonds is 4. The van der Waals surface area contributed by atoms with Crippen LogP contribution in [0.15, 0.2) is 116 Å². The molecule has 0 saturated heterocycles. The Hall–Kier alpha value is -3.84. The SMILES string of the molecule is C=Cc1ccc(N(c2ccc3ccccc3c2)c2cccc3ccccc23)cc1. The molecule has 0 atom stereocenters. The van der Waals surface area contributed by atoms with E-state index >= 15 is 0 Å². The Balaban J connectivity index is 1.76. The quantitative estimate of drug-likeness (QED) is 0.308. The maximum Gasteiger partial charge on any atom is 0.0540 e. The summed E-state index contributed by atoms with van der Waals surface area (Å²) in [4.78, 5) is 2.33. The van der Waals surface area contributed by atoms with E-state index in [9.17, 15) is 0 Å². The van der Waals surface area contributed by atoms with E-state index in [0.717, 1.165) is 16.9 Å². The van der Waals surface area contributed by atoms with Gasteiger partial charge in [0.2, 0.25) is 0 Å². The minimum absolute atomic E-state index is 1.12. The van der Waals surface area contributed by atoms with Gasteiger partial charge in [-0.05, 0) is 52.1 Å². The van der Waals surface area contributed by atoms with Crippen molar-refractivity contribution in [3.63, 3.8) is 0 Å². The third kappa shape index (κ3) is 3.17. The highest BCUT2D eigenvalue weighted by atomic mass is 15.1. The van der Waals surface area contributed by atoms with Gasteiger partial charge in [0.05, 0.1) is 5.69 Å². The van der Waals surface area contributed by atoms with E-state index in [4.69, 9.17) is 0 Å². The summed E-state index contributed by atoms with van der Waals surface area (Å²) in [6, 6.07) is 38.7. The van der Waals surface area contributed by atoms with Crippen LogP contribution in [0.4, 0.5) is 17.1 Å². The van der Waals surface area contributed by atoms with Crippen molar-refractivity contribution < 1.29 is 0 Å². The minimum Gasteiger partial charge on any atom is -0.310 e. The van der Waals surface area contributed by atoms with E-state index in [0.29, 0.717) is 0 Å². The summed E-state index contributed by atoms with van der Waals surface area (Å²) in [6.45, 7) is 3.88. The van der Waals surface area contributed by atoms with Crippen LogP contribution in [0.5, 0.6) is 0 Å². The summed E-state index contributed by atoms with van der Waals surface area (Å²) in [6.07, 6.45) is 1.88. The zero-order valence-electron chi connectivity index (χ0n) is 16.1. The minimum atomic E-state index is 1.12. The first-order chi connectivity index (χ1) is 14.3. The van der Waals surface area contributed by atoms with Gasteiger partial charge in [0.25, 0.3) is 0 Å². The van der Waals surface area contributed by atoms with Gasteiger partial charge in [0.1, 0.15) is 0 Å². The zero-order valence-corrected chi connectivity index (χ0v) is 16.1. The van der Waals surface area contributed by atoms with E-state index < -0.39 is 0 Å². The average molecular weight is 371 g/mol. The molecular weight excluding hydrogens is 350 g/mol. The molecule has 1 heteroatoms. The molecule has 29 heavy (non-hydrogen) atoms. The number of anilines is 3. The third-order valence-electron chi connectivity index (χ3n) is 5.39. The maximum atomic E-state index is 3.88. The number of hydrogen-bond donors (Lipinski definition) is 0. The first-order valence-electron chi connectivity index (χ1n) is 9.83. The topological polar surface area (TPSA) is 3.24 Å². The lowest BCUT2D eigenvalue weighted by Gasteiger charge is -2.27. The van der Waals surface area contributed by atoms with Gasteiger partial charge in [-0.15, -0.1) is 0 Å². The Kier molecular flexibility index (Phi) is 4.34. The number of fused-ring (bicyclic) bond motifs is 2. The largest absolute Gasteiger partial charge is 0.310 e. The molecule has 0 unspecified atom stereocenters. The second-order valence-electron chi connectivity index (χ2n) is 7.16. The first-order valence-corrected chi connectivity index (χ1v) is 9.83. The van der Waals surface area contributed by atoms with Crippen LogP contribution < -0.4 is 4.90 Å². The highest BCUT2D eigenvalue weighted by molar-refractivity contribution is 6.00. The second kappa shape index (κ2) is 7.29. The first kappa shape index (κ1) is 17.3. The van der Waals surface area contributed by atoms with E-state index in [1.165, 1.54) is 27.2 Å². The molecule has 0 bridgehead atoms. The van der Waals surface area contributed by atoms with E-state index in [2.05, 4.69) is 121 Å². The van der Waals surface area contributed by atoms with Gasteiger partial charge in [0, 0.05) is 16.8 Å².